The maximum atomic E-state index is 13.2. The minimum Gasteiger partial charge on any atom is -0.480 e. The van der Waals surface area contributed by atoms with Crippen molar-refractivity contribution in [3.8, 4) is 0 Å². The van der Waals surface area contributed by atoms with Gasteiger partial charge in [0.2, 0.25) is 0 Å². The summed E-state index contributed by atoms with van der Waals surface area (Å²) in [6.07, 6.45) is 0. The van der Waals surface area contributed by atoms with E-state index < -0.39 is 27.7 Å². The number of carboxylic acid groups (broad SMARTS) is 3. The number of sulfone groups is 1. The molecule has 1 aliphatic heterocycles. The van der Waals surface area contributed by atoms with Gasteiger partial charge in [-0.15, -0.1) is 0 Å². The third-order valence-electron chi connectivity index (χ3n) is 6.59. The van der Waals surface area contributed by atoms with Crippen molar-refractivity contribution in [3.05, 3.63) is 35.4 Å². The van der Waals surface area contributed by atoms with Gasteiger partial charge in [0.1, 0.15) is 5.88 Å². The first-order valence-electron chi connectivity index (χ1n) is 13.0. The van der Waals surface area contributed by atoms with Crippen molar-refractivity contribution in [2.45, 2.75) is 31.9 Å². The van der Waals surface area contributed by atoms with Crippen LogP contribution >= 0.6 is 0 Å². The Labute approximate surface area is 230 Å². The summed E-state index contributed by atoms with van der Waals surface area (Å²) in [6, 6.07) is 7.51. The molecule has 3 N–H and O–H groups in total. The molecule has 1 heterocycles. The average molecular weight is 571 g/mol. The summed E-state index contributed by atoms with van der Waals surface area (Å²) in [7, 11) is -3.57. The predicted molar refractivity (Wildman–Crippen MR) is 146 cm³/mol. The smallest absolute Gasteiger partial charge is 0.317 e. The molecule has 0 unspecified atom stereocenters. The lowest BCUT2D eigenvalue weighted by Crippen LogP contribution is -2.49. The molecule has 0 atom stereocenters. The first kappa shape index (κ1) is 32.6. The molecule has 0 aromatic heterocycles. The number of carbonyl (C=O) groups is 3. The van der Waals surface area contributed by atoms with Crippen molar-refractivity contribution in [1.82, 2.24) is 19.6 Å². The average Bonchev–Trinajstić information content (AvgIpc) is 2.79. The number of nitrogens with zero attached hydrogens (tertiary/aromatic N) is 4. The molecular weight excluding hydrogens is 528 g/mol. The van der Waals surface area contributed by atoms with Crippen LogP contribution in [0.4, 0.5) is 0 Å². The molecular formula is C26H42N4O8S. The zero-order valence-corrected chi connectivity index (χ0v) is 23.9. The van der Waals surface area contributed by atoms with Gasteiger partial charge in [0, 0.05) is 52.4 Å². The van der Waals surface area contributed by atoms with Crippen molar-refractivity contribution < 1.29 is 38.1 Å². The Morgan fingerprint density at radius 3 is 1.31 bits per heavy atom. The molecule has 1 aliphatic rings. The predicted octanol–water partition coefficient (Wildman–Crippen LogP) is 0.332. The molecule has 0 radical (unpaired) electrons. The van der Waals surface area contributed by atoms with Crippen molar-refractivity contribution in [3.63, 3.8) is 0 Å². The minimum absolute atomic E-state index is 0.0505. The van der Waals surface area contributed by atoms with Crippen LogP contribution in [0.25, 0.3) is 0 Å². The monoisotopic (exact) mass is 570 g/mol. The molecule has 2 rings (SSSR count). The molecule has 0 spiro atoms. The van der Waals surface area contributed by atoms with E-state index in [4.69, 9.17) is 0 Å². The molecule has 1 aromatic rings. The fourth-order valence-electron chi connectivity index (χ4n) is 4.43. The Hall–Kier alpha value is -2.58. The number of hydrogen-bond donors (Lipinski definition) is 3. The summed E-state index contributed by atoms with van der Waals surface area (Å²) in [5, 5.41) is 28.0. The van der Waals surface area contributed by atoms with Crippen LogP contribution in [0.3, 0.4) is 0 Å². The number of benzene rings is 1. The lowest BCUT2D eigenvalue weighted by molar-refractivity contribution is -0.140. The molecule has 220 valence electrons. The molecule has 1 fully saturated rings. The van der Waals surface area contributed by atoms with Crippen LogP contribution in [0.5, 0.6) is 0 Å². The Kier molecular flexibility index (Phi) is 12.3. The van der Waals surface area contributed by atoms with Crippen LogP contribution in [-0.4, -0.2) is 139 Å². The van der Waals surface area contributed by atoms with Gasteiger partial charge in [0.05, 0.1) is 25.4 Å². The first-order chi connectivity index (χ1) is 18.1. The molecule has 0 amide bonds. The number of rotatable bonds is 10. The van der Waals surface area contributed by atoms with Crippen LogP contribution in [0, 0.1) is 0 Å². The summed E-state index contributed by atoms with van der Waals surface area (Å²) >= 11 is 0. The Morgan fingerprint density at radius 1 is 0.667 bits per heavy atom. The van der Waals surface area contributed by atoms with Gasteiger partial charge in [-0.05, 0) is 16.5 Å². The molecule has 1 aromatic carbocycles. The van der Waals surface area contributed by atoms with Gasteiger partial charge in [-0.3, -0.25) is 34.0 Å². The SMILES string of the molecule is CC(C)(C)c1ccc(CS(=O)(=O)CN2CCN(CC(=O)O)CCN(CC(=O)O)CCN(CC(=O)O)CC2)cc1. The number of hydrogen-bond acceptors (Lipinski definition) is 9. The van der Waals surface area contributed by atoms with Crippen LogP contribution in [0.15, 0.2) is 24.3 Å². The zero-order chi connectivity index (χ0) is 29.2. The third-order valence-corrected chi connectivity index (χ3v) is 8.12. The second kappa shape index (κ2) is 14.7. The Balaban J connectivity index is 2.19. The molecule has 13 heteroatoms. The van der Waals surface area contributed by atoms with Crippen molar-refractivity contribution >= 4 is 27.7 Å². The van der Waals surface area contributed by atoms with E-state index in [0.29, 0.717) is 5.56 Å². The van der Waals surface area contributed by atoms with Crippen LogP contribution in [0.2, 0.25) is 0 Å². The zero-order valence-electron chi connectivity index (χ0n) is 23.1. The minimum atomic E-state index is -3.57. The van der Waals surface area contributed by atoms with Gasteiger partial charge >= 0.3 is 17.9 Å². The summed E-state index contributed by atoms with van der Waals surface area (Å²) in [6.45, 7) is 7.66. The van der Waals surface area contributed by atoms with Gasteiger partial charge in [-0.1, -0.05) is 45.0 Å². The van der Waals surface area contributed by atoms with Crippen LogP contribution < -0.4 is 0 Å². The largest absolute Gasteiger partial charge is 0.480 e. The molecule has 0 saturated carbocycles. The lowest BCUT2D eigenvalue weighted by atomic mass is 9.87. The van der Waals surface area contributed by atoms with E-state index in [1.165, 1.54) is 0 Å². The summed E-state index contributed by atoms with van der Waals surface area (Å²) in [5.74, 6) is -3.48. The first-order valence-corrected chi connectivity index (χ1v) is 14.8. The normalized spacial score (nSPS) is 18.2. The maximum absolute atomic E-state index is 13.2. The fraction of sp³-hybridized carbons (Fsp3) is 0.654. The molecule has 0 aliphatic carbocycles. The standard InChI is InChI=1S/C26H42N4O8S/c1-26(2,3)22-6-4-21(5-7-22)19-39(37,38)20-30-14-12-28(17-24(33)34)10-8-27(16-23(31)32)9-11-29(13-15-30)18-25(35)36/h4-7H,8-20H2,1-3H3,(H,31,32)(H,33,34)(H,35,36). The Bertz CT molecular complexity index is 1040. The van der Waals surface area contributed by atoms with Crippen molar-refractivity contribution in [1.29, 1.82) is 0 Å². The molecule has 0 bridgehead atoms. The highest BCUT2D eigenvalue weighted by Crippen LogP contribution is 2.22. The van der Waals surface area contributed by atoms with Gasteiger partial charge in [-0.2, -0.15) is 0 Å². The van der Waals surface area contributed by atoms with E-state index in [9.17, 15) is 38.1 Å². The third kappa shape index (κ3) is 12.9. The molecule has 39 heavy (non-hydrogen) atoms. The van der Waals surface area contributed by atoms with Gasteiger partial charge < -0.3 is 15.3 Å². The van der Waals surface area contributed by atoms with E-state index in [-0.39, 0.29) is 89.0 Å². The summed E-state index contributed by atoms with van der Waals surface area (Å²) in [5.41, 5.74) is 1.73. The van der Waals surface area contributed by atoms with E-state index in [0.717, 1.165) is 5.56 Å². The van der Waals surface area contributed by atoms with E-state index >= 15 is 0 Å². The van der Waals surface area contributed by atoms with Gasteiger partial charge in [-0.25, -0.2) is 8.42 Å². The van der Waals surface area contributed by atoms with Crippen LogP contribution in [0.1, 0.15) is 31.9 Å². The van der Waals surface area contributed by atoms with Gasteiger partial charge in [0.25, 0.3) is 0 Å². The fourth-order valence-corrected chi connectivity index (χ4v) is 6.04. The number of carboxylic acids is 3. The van der Waals surface area contributed by atoms with E-state index in [1.54, 1.807) is 19.6 Å². The highest BCUT2D eigenvalue weighted by molar-refractivity contribution is 7.90. The molecule has 12 nitrogen and oxygen atoms in total. The highest BCUT2D eigenvalue weighted by Gasteiger charge is 2.23. The van der Waals surface area contributed by atoms with Crippen molar-refractivity contribution in [2.75, 3.05) is 77.9 Å². The van der Waals surface area contributed by atoms with E-state index in [2.05, 4.69) is 20.8 Å². The second-order valence-corrected chi connectivity index (χ2v) is 13.1. The van der Waals surface area contributed by atoms with Crippen molar-refractivity contribution in [2.24, 2.45) is 0 Å². The quantitative estimate of drug-likeness (QED) is 0.354. The van der Waals surface area contributed by atoms with Crippen LogP contribution in [-0.2, 0) is 35.4 Å². The maximum Gasteiger partial charge on any atom is 0.317 e. The highest BCUT2D eigenvalue weighted by atomic mass is 32.2. The second-order valence-electron chi connectivity index (χ2n) is 11.1. The van der Waals surface area contributed by atoms with Gasteiger partial charge in [0.15, 0.2) is 9.84 Å². The Morgan fingerprint density at radius 2 is 1.00 bits per heavy atom. The lowest BCUT2D eigenvalue weighted by Gasteiger charge is -2.33. The summed E-state index contributed by atoms with van der Waals surface area (Å²) < 4.78 is 26.3. The summed E-state index contributed by atoms with van der Waals surface area (Å²) in [4.78, 5) is 40.9. The molecule has 1 saturated heterocycles. The number of aliphatic carboxylic acids is 3. The van der Waals surface area contributed by atoms with E-state index in [1.807, 2.05) is 24.3 Å². The topological polar surface area (TPSA) is 159 Å².